The maximum absolute atomic E-state index is 13.3. The van der Waals surface area contributed by atoms with Gasteiger partial charge < -0.3 is 10.6 Å². The lowest BCUT2D eigenvalue weighted by Gasteiger charge is -2.13. The second-order valence-corrected chi connectivity index (χ2v) is 9.41. The van der Waals surface area contributed by atoms with Crippen LogP contribution in [0.25, 0.3) is 11.1 Å². The third-order valence-corrected chi connectivity index (χ3v) is 7.04. The van der Waals surface area contributed by atoms with Gasteiger partial charge in [-0.2, -0.15) is 0 Å². The number of nitrogens with one attached hydrogen (secondary N) is 4. The largest absolute Gasteiger partial charge is 0.337 e. The van der Waals surface area contributed by atoms with Crippen molar-refractivity contribution in [2.24, 2.45) is 5.92 Å². The summed E-state index contributed by atoms with van der Waals surface area (Å²) < 4.78 is 39.9. The summed E-state index contributed by atoms with van der Waals surface area (Å²) in [6.07, 6.45) is 0. The molecule has 32 heavy (non-hydrogen) atoms. The number of halogens is 1. The predicted molar refractivity (Wildman–Crippen MR) is 120 cm³/mol. The van der Waals surface area contributed by atoms with Crippen LogP contribution in [0, 0.1) is 11.7 Å². The van der Waals surface area contributed by atoms with Crippen LogP contribution in [0.1, 0.15) is 0 Å². The zero-order chi connectivity index (χ0) is 22.6. The van der Waals surface area contributed by atoms with Gasteiger partial charge in [-0.25, -0.2) is 17.6 Å². The molecule has 1 heterocycles. The van der Waals surface area contributed by atoms with Crippen molar-refractivity contribution >= 4 is 21.6 Å². The van der Waals surface area contributed by atoms with Crippen molar-refractivity contribution in [1.82, 2.24) is 16.2 Å². The first-order valence-electron chi connectivity index (χ1n) is 10.1. The topological polar surface area (TPSA) is 99.3 Å². The number of hydrogen-bond donors (Lipinski definition) is 4. The van der Waals surface area contributed by atoms with Gasteiger partial charge in [0.1, 0.15) is 5.82 Å². The first kappa shape index (κ1) is 21.9. The van der Waals surface area contributed by atoms with Crippen molar-refractivity contribution in [3.05, 3.63) is 78.6 Å². The number of anilines is 1. The number of amides is 2. The van der Waals surface area contributed by atoms with E-state index < -0.39 is 15.7 Å². The van der Waals surface area contributed by atoms with Gasteiger partial charge in [0.25, 0.3) is 0 Å². The number of carbonyl (C=O) groups excluding carboxylic acids is 1. The van der Waals surface area contributed by atoms with Gasteiger partial charge in [-0.1, -0.05) is 30.3 Å². The molecule has 1 aliphatic heterocycles. The molecule has 1 aliphatic rings. The number of sulfone groups is 1. The average molecular weight is 455 g/mol. The minimum atomic E-state index is -3.83. The first-order valence-corrected chi connectivity index (χ1v) is 11.6. The normalized spacial score (nSPS) is 14.3. The molecule has 0 atom stereocenters. The van der Waals surface area contributed by atoms with Gasteiger partial charge in [0.15, 0.2) is 0 Å². The van der Waals surface area contributed by atoms with Crippen LogP contribution in [-0.2, 0) is 9.84 Å². The molecule has 4 rings (SSSR count). The van der Waals surface area contributed by atoms with Gasteiger partial charge in [0.05, 0.1) is 9.79 Å². The molecule has 0 unspecified atom stereocenters. The Hall–Kier alpha value is -3.27. The molecule has 1 fully saturated rings. The SMILES string of the molecule is O=C(NCC1CNNC1)Nc1ccc(S(=O)(=O)c2ccccc2-c2ccc(F)cc2)cc1. The number of hydrogen-bond acceptors (Lipinski definition) is 5. The third-order valence-electron chi connectivity index (χ3n) is 5.21. The van der Waals surface area contributed by atoms with E-state index in [2.05, 4.69) is 21.5 Å². The minimum Gasteiger partial charge on any atom is -0.337 e. The first-order chi connectivity index (χ1) is 15.4. The van der Waals surface area contributed by atoms with Gasteiger partial charge in [-0.05, 0) is 48.0 Å². The van der Waals surface area contributed by atoms with Crippen LogP contribution >= 0.6 is 0 Å². The monoisotopic (exact) mass is 454 g/mol. The summed E-state index contributed by atoms with van der Waals surface area (Å²) in [4.78, 5) is 12.3. The standard InChI is InChI=1S/C23H23FN4O3S/c24-18-7-5-17(6-8-18)21-3-1-2-4-22(21)32(30,31)20-11-9-19(10-12-20)28-23(29)25-13-16-14-26-27-15-16/h1-12,16,26-27H,13-15H2,(H2,25,28,29). The van der Waals surface area contributed by atoms with E-state index in [-0.39, 0.29) is 15.8 Å². The second kappa shape index (κ2) is 9.47. The summed E-state index contributed by atoms with van der Waals surface area (Å²) in [6, 6.07) is 17.9. The molecule has 0 radical (unpaired) electrons. The number of benzene rings is 3. The van der Waals surface area contributed by atoms with Gasteiger partial charge in [-0.3, -0.25) is 10.9 Å². The Balaban J connectivity index is 1.50. The van der Waals surface area contributed by atoms with Crippen LogP contribution in [0.5, 0.6) is 0 Å². The van der Waals surface area contributed by atoms with E-state index in [1.54, 1.807) is 42.5 Å². The van der Waals surface area contributed by atoms with Crippen LogP contribution in [0.15, 0.2) is 82.6 Å². The Morgan fingerprint density at radius 2 is 1.59 bits per heavy atom. The highest BCUT2D eigenvalue weighted by Crippen LogP contribution is 2.31. The number of urea groups is 1. The van der Waals surface area contributed by atoms with Crippen molar-refractivity contribution < 1.29 is 17.6 Å². The number of rotatable bonds is 6. The molecule has 0 saturated carbocycles. The molecule has 4 N–H and O–H groups in total. The lowest BCUT2D eigenvalue weighted by molar-refractivity contribution is 0.250. The van der Waals surface area contributed by atoms with Crippen molar-refractivity contribution in [3.63, 3.8) is 0 Å². The van der Waals surface area contributed by atoms with E-state index in [9.17, 15) is 17.6 Å². The maximum Gasteiger partial charge on any atom is 0.319 e. The van der Waals surface area contributed by atoms with Crippen LogP contribution in [0.3, 0.4) is 0 Å². The Bertz CT molecular complexity index is 1190. The van der Waals surface area contributed by atoms with E-state index in [1.165, 1.54) is 30.3 Å². The van der Waals surface area contributed by atoms with E-state index in [1.807, 2.05) is 0 Å². The molecule has 2 amide bonds. The molecule has 0 spiro atoms. The Labute approximate surface area is 185 Å². The van der Waals surface area contributed by atoms with E-state index in [4.69, 9.17) is 0 Å². The van der Waals surface area contributed by atoms with E-state index >= 15 is 0 Å². The van der Waals surface area contributed by atoms with Gasteiger partial charge in [-0.15, -0.1) is 0 Å². The molecular formula is C23H23FN4O3S. The van der Waals surface area contributed by atoms with Gasteiger partial charge in [0.2, 0.25) is 9.84 Å². The highest BCUT2D eigenvalue weighted by Gasteiger charge is 2.22. The molecule has 3 aromatic carbocycles. The smallest absolute Gasteiger partial charge is 0.319 e. The fraction of sp³-hybridized carbons (Fsp3) is 0.174. The molecule has 1 saturated heterocycles. The molecular weight excluding hydrogens is 431 g/mol. The van der Waals surface area contributed by atoms with Crippen LogP contribution < -0.4 is 21.5 Å². The Kier molecular flexibility index (Phi) is 6.50. The lowest BCUT2D eigenvalue weighted by Crippen LogP contribution is -2.34. The average Bonchev–Trinajstić information content (AvgIpc) is 3.32. The predicted octanol–water partition coefficient (Wildman–Crippen LogP) is 3.17. The minimum absolute atomic E-state index is 0.0983. The summed E-state index contributed by atoms with van der Waals surface area (Å²) in [5, 5.41) is 5.50. The summed E-state index contributed by atoms with van der Waals surface area (Å²) in [6.45, 7) is 2.09. The van der Waals surface area contributed by atoms with Gasteiger partial charge in [0, 0.05) is 36.8 Å². The van der Waals surface area contributed by atoms with Crippen LogP contribution in [0.2, 0.25) is 0 Å². The molecule has 0 aliphatic carbocycles. The number of carbonyl (C=O) groups is 1. The fourth-order valence-electron chi connectivity index (χ4n) is 3.48. The summed E-state index contributed by atoms with van der Waals surface area (Å²) in [5.41, 5.74) is 7.58. The molecule has 0 bridgehead atoms. The zero-order valence-corrected chi connectivity index (χ0v) is 18.0. The molecule has 3 aromatic rings. The Morgan fingerprint density at radius 3 is 2.28 bits per heavy atom. The molecule has 7 nitrogen and oxygen atoms in total. The van der Waals surface area contributed by atoms with Crippen LogP contribution in [-0.4, -0.2) is 34.1 Å². The van der Waals surface area contributed by atoms with Crippen molar-refractivity contribution in [1.29, 1.82) is 0 Å². The second-order valence-electron chi connectivity index (χ2n) is 7.49. The molecule has 0 aromatic heterocycles. The fourth-order valence-corrected chi connectivity index (χ4v) is 4.96. The third kappa shape index (κ3) is 4.96. The summed E-state index contributed by atoms with van der Waals surface area (Å²) >= 11 is 0. The Morgan fingerprint density at radius 1 is 0.938 bits per heavy atom. The van der Waals surface area contributed by atoms with Gasteiger partial charge >= 0.3 is 6.03 Å². The number of hydrazine groups is 1. The molecule has 166 valence electrons. The van der Waals surface area contributed by atoms with Crippen molar-refractivity contribution in [2.75, 3.05) is 25.0 Å². The quantitative estimate of drug-likeness (QED) is 0.459. The van der Waals surface area contributed by atoms with E-state index in [0.717, 1.165) is 13.1 Å². The van der Waals surface area contributed by atoms with E-state index in [0.29, 0.717) is 29.3 Å². The molecule has 9 heteroatoms. The van der Waals surface area contributed by atoms with Crippen molar-refractivity contribution in [2.45, 2.75) is 9.79 Å². The van der Waals surface area contributed by atoms with Crippen LogP contribution in [0.4, 0.5) is 14.9 Å². The lowest BCUT2D eigenvalue weighted by atomic mass is 10.1. The maximum atomic E-state index is 13.3. The highest BCUT2D eigenvalue weighted by atomic mass is 32.2. The summed E-state index contributed by atoms with van der Waals surface area (Å²) in [5.74, 6) is -0.0766. The zero-order valence-electron chi connectivity index (χ0n) is 17.1. The van der Waals surface area contributed by atoms with Crippen molar-refractivity contribution in [3.8, 4) is 11.1 Å². The summed E-state index contributed by atoms with van der Waals surface area (Å²) in [7, 11) is -3.83. The highest BCUT2D eigenvalue weighted by molar-refractivity contribution is 7.91.